The van der Waals surface area contributed by atoms with Crippen molar-refractivity contribution in [2.45, 2.75) is 57.7 Å². The number of carbonyl (C=O) groups excluding carboxylic acids is 1. The van der Waals surface area contributed by atoms with Crippen LogP contribution in [0.25, 0.3) is 0 Å². The van der Waals surface area contributed by atoms with Crippen LogP contribution in [0.3, 0.4) is 0 Å². The van der Waals surface area contributed by atoms with E-state index in [1.165, 1.54) is 17.6 Å². The Morgan fingerprint density at radius 3 is 2.78 bits per heavy atom. The van der Waals surface area contributed by atoms with E-state index in [2.05, 4.69) is 19.6 Å². The van der Waals surface area contributed by atoms with Gasteiger partial charge in [-0.2, -0.15) is 0 Å². The number of ether oxygens (including phenoxy) is 1. The van der Waals surface area contributed by atoms with Crippen molar-refractivity contribution < 1.29 is 9.53 Å². The van der Waals surface area contributed by atoms with Gasteiger partial charge in [0.15, 0.2) is 0 Å². The van der Waals surface area contributed by atoms with Crippen LogP contribution in [0, 0.1) is 0 Å². The lowest BCUT2D eigenvalue weighted by Crippen LogP contribution is -2.51. The third kappa shape index (κ3) is 3.84. The fourth-order valence-electron chi connectivity index (χ4n) is 3.72. The Balaban J connectivity index is 1.66. The Morgan fingerprint density at radius 1 is 1.30 bits per heavy atom. The summed E-state index contributed by atoms with van der Waals surface area (Å²) in [6, 6.07) is 10.3. The quantitative estimate of drug-likeness (QED) is 0.744. The summed E-state index contributed by atoms with van der Waals surface area (Å²) in [6.07, 6.45) is 7.32. The van der Waals surface area contributed by atoms with Gasteiger partial charge in [-0.05, 0) is 44.6 Å². The average Bonchev–Trinajstić information content (AvgIpc) is 2.52. The van der Waals surface area contributed by atoms with Gasteiger partial charge in [-0.1, -0.05) is 54.1 Å². The maximum atomic E-state index is 12.6. The highest BCUT2D eigenvalue weighted by Gasteiger charge is 2.37. The third-order valence-corrected chi connectivity index (χ3v) is 4.66. The number of nitrogens with zero attached hydrogens (tertiary/aromatic N) is 1. The van der Waals surface area contributed by atoms with E-state index in [1.807, 2.05) is 35.2 Å². The van der Waals surface area contributed by atoms with Gasteiger partial charge < -0.3 is 4.74 Å². The second kappa shape index (κ2) is 7.03. The molecule has 0 radical (unpaired) electrons. The molecule has 1 saturated heterocycles. The van der Waals surface area contributed by atoms with Gasteiger partial charge in [0.25, 0.3) is 0 Å². The summed E-state index contributed by atoms with van der Waals surface area (Å²) in [7, 11) is 0. The molecule has 1 amide bonds. The first-order chi connectivity index (χ1) is 11.1. The van der Waals surface area contributed by atoms with Gasteiger partial charge in [-0.15, -0.1) is 0 Å². The van der Waals surface area contributed by atoms with E-state index in [4.69, 9.17) is 4.74 Å². The predicted octanol–water partition coefficient (Wildman–Crippen LogP) is 4.84. The SMILES string of the molecule is C=C(C)CC1=CC2CCCC(C1)N2C(=O)OCc1ccccc1. The van der Waals surface area contributed by atoms with E-state index in [-0.39, 0.29) is 18.2 Å². The van der Waals surface area contributed by atoms with Crippen LogP contribution in [0.5, 0.6) is 0 Å². The van der Waals surface area contributed by atoms with Crippen LogP contribution in [0.4, 0.5) is 4.79 Å². The van der Waals surface area contributed by atoms with Crippen LogP contribution < -0.4 is 0 Å². The molecule has 2 heterocycles. The third-order valence-electron chi connectivity index (χ3n) is 4.66. The van der Waals surface area contributed by atoms with Crippen LogP contribution in [-0.4, -0.2) is 23.1 Å². The van der Waals surface area contributed by atoms with Crippen molar-refractivity contribution in [1.29, 1.82) is 0 Å². The molecule has 2 unspecified atom stereocenters. The summed E-state index contributed by atoms with van der Waals surface area (Å²) >= 11 is 0. The number of allylic oxidation sites excluding steroid dienone is 1. The molecule has 122 valence electrons. The molecule has 3 rings (SSSR count). The summed E-state index contributed by atoms with van der Waals surface area (Å²) in [5.41, 5.74) is 3.65. The minimum absolute atomic E-state index is 0.172. The Morgan fingerprint density at radius 2 is 2.09 bits per heavy atom. The fourth-order valence-corrected chi connectivity index (χ4v) is 3.72. The molecule has 0 aliphatic carbocycles. The van der Waals surface area contributed by atoms with E-state index >= 15 is 0 Å². The van der Waals surface area contributed by atoms with Gasteiger partial charge in [0.05, 0.1) is 6.04 Å². The molecule has 3 heteroatoms. The Kier molecular flexibility index (Phi) is 4.85. The lowest BCUT2D eigenvalue weighted by Gasteiger charge is -2.44. The van der Waals surface area contributed by atoms with Gasteiger partial charge in [0.2, 0.25) is 0 Å². The predicted molar refractivity (Wildman–Crippen MR) is 92.0 cm³/mol. The van der Waals surface area contributed by atoms with Gasteiger partial charge >= 0.3 is 6.09 Å². The van der Waals surface area contributed by atoms with E-state index in [0.717, 1.165) is 31.2 Å². The highest BCUT2D eigenvalue weighted by atomic mass is 16.6. The summed E-state index contributed by atoms with van der Waals surface area (Å²) in [5, 5.41) is 0. The minimum atomic E-state index is -0.172. The Hall–Kier alpha value is -2.03. The highest BCUT2D eigenvalue weighted by Crippen LogP contribution is 2.35. The molecule has 2 aliphatic rings. The van der Waals surface area contributed by atoms with Crippen LogP contribution in [0.2, 0.25) is 0 Å². The largest absolute Gasteiger partial charge is 0.445 e. The topological polar surface area (TPSA) is 29.5 Å². The van der Waals surface area contributed by atoms with Crippen molar-refractivity contribution in [3.8, 4) is 0 Å². The van der Waals surface area contributed by atoms with Crippen molar-refractivity contribution >= 4 is 6.09 Å². The first-order valence-electron chi connectivity index (χ1n) is 8.46. The van der Waals surface area contributed by atoms with Crippen molar-refractivity contribution in [3.05, 3.63) is 59.7 Å². The number of benzene rings is 1. The highest BCUT2D eigenvalue weighted by molar-refractivity contribution is 5.69. The lowest BCUT2D eigenvalue weighted by atomic mass is 9.83. The zero-order chi connectivity index (χ0) is 16.2. The molecule has 0 spiro atoms. The van der Waals surface area contributed by atoms with Crippen molar-refractivity contribution in [2.24, 2.45) is 0 Å². The standard InChI is InChI=1S/C20H25NO2/c1-15(2)11-17-12-18-9-6-10-19(13-17)21(18)20(22)23-14-16-7-4-3-5-8-16/h3-5,7-8,12,18-19H,1,6,9-11,13-14H2,2H3. The van der Waals surface area contributed by atoms with E-state index in [1.54, 1.807) is 0 Å². The molecule has 1 aromatic rings. The second-order valence-corrected chi connectivity index (χ2v) is 6.76. The molecule has 23 heavy (non-hydrogen) atoms. The van der Waals surface area contributed by atoms with Crippen molar-refractivity contribution in [3.63, 3.8) is 0 Å². The fraction of sp³-hybridized carbons (Fsp3) is 0.450. The number of piperidine rings is 1. The maximum Gasteiger partial charge on any atom is 0.410 e. The molecule has 1 aromatic carbocycles. The van der Waals surface area contributed by atoms with Crippen molar-refractivity contribution in [2.75, 3.05) is 0 Å². The van der Waals surface area contributed by atoms with Gasteiger partial charge in [-0.3, -0.25) is 4.90 Å². The molecule has 0 N–H and O–H groups in total. The minimum Gasteiger partial charge on any atom is -0.445 e. The van der Waals surface area contributed by atoms with Gasteiger partial charge in [-0.25, -0.2) is 4.79 Å². The summed E-state index contributed by atoms with van der Waals surface area (Å²) in [6.45, 7) is 6.43. The summed E-state index contributed by atoms with van der Waals surface area (Å²) in [5.74, 6) is 0. The number of hydrogen-bond acceptors (Lipinski definition) is 2. The molecule has 2 bridgehead atoms. The Bertz CT molecular complexity index is 605. The maximum absolute atomic E-state index is 12.6. The monoisotopic (exact) mass is 311 g/mol. The Labute approximate surface area is 138 Å². The number of amides is 1. The molecule has 2 atom stereocenters. The number of fused-ring (bicyclic) bond motifs is 2. The molecular weight excluding hydrogens is 286 g/mol. The summed E-state index contributed by atoms with van der Waals surface area (Å²) in [4.78, 5) is 14.5. The number of hydrogen-bond donors (Lipinski definition) is 0. The number of rotatable bonds is 4. The zero-order valence-electron chi connectivity index (χ0n) is 13.8. The van der Waals surface area contributed by atoms with Crippen LogP contribution in [-0.2, 0) is 11.3 Å². The molecule has 1 fully saturated rings. The lowest BCUT2D eigenvalue weighted by molar-refractivity contribution is 0.0481. The average molecular weight is 311 g/mol. The summed E-state index contributed by atoms with van der Waals surface area (Å²) < 4.78 is 5.56. The van der Waals surface area contributed by atoms with Gasteiger partial charge in [0.1, 0.15) is 6.61 Å². The molecular formula is C20H25NO2. The van der Waals surface area contributed by atoms with E-state index in [9.17, 15) is 4.79 Å². The first-order valence-corrected chi connectivity index (χ1v) is 8.46. The van der Waals surface area contributed by atoms with Crippen LogP contribution in [0.15, 0.2) is 54.1 Å². The second-order valence-electron chi connectivity index (χ2n) is 6.76. The first kappa shape index (κ1) is 15.9. The molecule has 3 nitrogen and oxygen atoms in total. The smallest absolute Gasteiger partial charge is 0.410 e. The van der Waals surface area contributed by atoms with Crippen LogP contribution in [0.1, 0.15) is 44.6 Å². The molecule has 0 aromatic heterocycles. The van der Waals surface area contributed by atoms with E-state index < -0.39 is 0 Å². The zero-order valence-corrected chi connectivity index (χ0v) is 13.8. The molecule has 0 saturated carbocycles. The normalized spacial score (nSPS) is 23.2. The molecule has 2 aliphatic heterocycles. The van der Waals surface area contributed by atoms with Crippen LogP contribution >= 0.6 is 0 Å². The van der Waals surface area contributed by atoms with E-state index in [0.29, 0.717) is 6.61 Å². The van der Waals surface area contributed by atoms with Gasteiger partial charge in [0, 0.05) is 6.04 Å². The number of carbonyl (C=O) groups is 1. The van der Waals surface area contributed by atoms with Crippen molar-refractivity contribution in [1.82, 2.24) is 4.90 Å².